The molecular formula is C12H16FN3O3. The molecule has 6 nitrogen and oxygen atoms in total. The summed E-state index contributed by atoms with van der Waals surface area (Å²) in [6.07, 6.45) is 6.22. The molecule has 0 unspecified atom stereocenters. The number of hydrogen-bond acceptors (Lipinski definition) is 3. The van der Waals surface area contributed by atoms with Gasteiger partial charge in [0.15, 0.2) is 0 Å². The fourth-order valence-corrected chi connectivity index (χ4v) is 2.31. The number of halogens is 1. The van der Waals surface area contributed by atoms with Crippen molar-refractivity contribution < 1.29 is 9.18 Å². The van der Waals surface area contributed by atoms with Gasteiger partial charge in [0, 0.05) is 6.54 Å². The van der Waals surface area contributed by atoms with Gasteiger partial charge in [0.25, 0.3) is 5.56 Å². The lowest BCUT2D eigenvalue weighted by atomic mass is 9.89. The minimum absolute atomic E-state index is 0.404. The molecule has 1 fully saturated rings. The molecule has 7 heteroatoms. The van der Waals surface area contributed by atoms with Gasteiger partial charge in [0.05, 0.1) is 6.20 Å². The number of carbonyl (C=O) groups is 1. The standard InChI is InChI=1S/C12H16FN3O3/c13-9-7-16(12(19)15-10(9)17)11(18)14-6-8-4-2-1-3-5-8/h7-8H,1-6H2,(H,14,18)(H,15,17,19). The van der Waals surface area contributed by atoms with E-state index in [0.29, 0.717) is 23.2 Å². The Balaban J connectivity index is 2.01. The Bertz CT molecular complexity index is 572. The topological polar surface area (TPSA) is 84.0 Å². The van der Waals surface area contributed by atoms with Gasteiger partial charge in [-0.05, 0) is 18.8 Å². The normalized spacial score (nSPS) is 16.3. The van der Waals surface area contributed by atoms with Crippen molar-refractivity contribution in [3.05, 3.63) is 32.9 Å². The molecule has 0 atom stereocenters. The molecule has 104 valence electrons. The Kier molecular flexibility index (Phi) is 4.13. The summed E-state index contributed by atoms with van der Waals surface area (Å²) in [6, 6.07) is -0.717. The number of aromatic amines is 1. The van der Waals surface area contributed by atoms with Crippen LogP contribution in [0.4, 0.5) is 9.18 Å². The van der Waals surface area contributed by atoms with E-state index >= 15 is 0 Å². The summed E-state index contributed by atoms with van der Waals surface area (Å²) in [6.45, 7) is 0.464. The molecular weight excluding hydrogens is 253 g/mol. The monoisotopic (exact) mass is 269 g/mol. The van der Waals surface area contributed by atoms with E-state index in [2.05, 4.69) is 5.32 Å². The molecule has 1 aliphatic carbocycles. The highest BCUT2D eigenvalue weighted by Crippen LogP contribution is 2.22. The highest BCUT2D eigenvalue weighted by Gasteiger charge is 2.16. The summed E-state index contributed by atoms with van der Waals surface area (Å²) >= 11 is 0. The molecule has 1 aromatic rings. The van der Waals surface area contributed by atoms with Gasteiger partial charge in [-0.2, -0.15) is 4.39 Å². The maximum Gasteiger partial charge on any atom is 0.336 e. The molecule has 1 saturated carbocycles. The van der Waals surface area contributed by atoms with Crippen molar-refractivity contribution in [3.8, 4) is 0 Å². The van der Waals surface area contributed by atoms with Gasteiger partial charge >= 0.3 is 11.7 Å². The lowest BCUT2D eigenvalue weighted by molar-refractivity contribution is 0.236. The summed E-state index contributed by atoms with van der Waals surface area (Å²) in [7, 11) is 0. The average Bonchev–Trinajstić information content (AvgIpc) is 2.41. The van der Waals surface area contributed by atoms with Gasteiger partial charge in [0.2, 0.25) is 5.82 Å². The molecule has 0 radical (unpaired) electrons. The molecule has 2 rings (SSSR count). The predicted molar refractivity (Wildman–Crippen MR) is 66.7 cm³/mol. The number of nitrogens with one attached hydrogen (secondary N) is 2. The number of rotatable bonds is 2. The van der Waals surface area contributed by atoms with E-state index in [4.69, 9.17) is 0 Å². The van der Waals surface area contributed by atoms with E-state index < -0.39 is 23.1 Å². The third-order valence-electron chi connectivity index (χ3n) is 3.38. The van der Waals surface area contributed by atoms with E-state index in [1.54, 1.807) is 4.98 Å². The highest BCUT2D eigenvalue weighted by molar-refractivity contribution is 5.76. The maximum absolute atomic E-state index is 13.0. The van der Waals surface area contributed by atoms with Gasteiger partial charge in [-0.1, -0.05) is 19.3 Å². The second-order valence-electron chi connectivity index (χ2n) is 4.80. The molecule has 19 heavy (non-hydrogen) atoms. The third kappa shape index (κ3) is 3.30. The molecule has 1 amide bonds. The van der Waals surface area contributed by atoms with Crippen molar-refractivity contribution in [1.29, 1.82) is 0 Å². The van der Waals surface area contributed by atoms with E-state index in [1.165, 1.54) is 6.42 Å². The molecule has 1 heterocycles. The Labute approximate surface area is 108 Å². The highest BCUT2D eigenvalue weighted by atomic mass is 19.1. The Morgan fingerprint density at radius 1 is 1.37 bits per heavy atom. The van der Waals surface area contributed by atoms with E-state index in [1.807, 2.05) is 0 Å². The minimum atomic E-state index is -1.16. The number of aromatic nitrogens is 2. The number of nitrogens with zero attached hydrogens (tertiary/aromatic N) is 1. The summed E-state index contributed by atoms with van der Waals surface area (Å²) < 4.78 is 13.6. The Morgan fingerprint density at radius 3 is 2.74 bits per heavy atom. The van der Waals surface area contributed by atoms with E-state index in [0.717, 1.165) is 25.7 Å². The smallest absolute Gasteiger partial charge is 0.336 e. The van der Waals surface area contributed by atoms with Crippen LogP contribution in [0.3, 0.4) is 0 Å². The van der Waals surface area contributed by atoms with Crippen LogP contribution in [0.5, 0.6) is 0 Å². The largest absolute Gasteiger partial charge is 0.337 e. The molecule has 1 aliphatic rings. The zero-order valence-electron chi connectivity index (χ0n) is 10.4. The average molecular weight is 269 g/mol. The first-order valence-corrected chi connectivity index (χ1v) is 6.37. The lowest BCUT2D eigenvalue weighted by Gasteiger charge is -2.21. The molecule has 0 aromatic carbocycles. The predicted octanol–water partition coefficient (Wildman–Crippen LogP) is 0.814. The molecule has 0 spiro atoms. The van der Waals surface area contributed by atoms with Crippen LogP contribution in [0, 0.1) is 11.7 Å². The molecule has 2 N–H and O–H groups in total. The van der Waals surface area contributed by atoms with Crippen LogP contribution in [-0.2, 0) is 0 Å². The number of carbonyl (C=O) groups excluding carboxylic acids is 1. The zero-order valence-corrected chi connectivity index (χ0v) is 10.4. The number of hydrogen-bond donors (Lipinski definition) is 2. The minimum Gasteiger partial charge on any atom is -0.337 e. The van der Waals surface area contributed by atoms with E-state index in [9.17, 15) is 18.8 Å². The van der Waals surface area contributed by atoms with Crippen LogP contribution >= 0.6 is 0 Å². The summed E-state index contributed by atoms with van der Waals surface area (Å²) in [5, 5.41) is 2.59. The first-order chi connectivity index (χ1) is 9.08. The quantitative estimate of drug-likeness (QED) is 0.833. The van der Waals surface area contributed by atoms with Crippen molar-refractivity contribution >= 4 is 6.03 Å². The summed E-state index contributed by atoms with van der Waals surface area (Å²) in [4.78, 5) is 35.7. The van der Waals surface area contributed by atoms with Crippen molar-refractivity contribution in [1.82, 2.24) is 14.9 Å². The number of amides is 1. The Morgan fingerprint density at radius 2 is 2.05 bits per heavy atom. The fraction of sp³-hybridized carbons (Fsp3) is 0.583. The summed E-state index contributed by atoms with van der Waals surface area (Å²) in [5.41, 5.74) is -2.06. The van der Waals surface area contributed by atoms with Crippen LogP contribution in [0.2, 0.25) is 0 Å². The third-order valence-corrected chi connectivity index (χ3v) is 3.38. The number of H-pyrrole nitrogens is 1. The maximum atomic E-state index is 13.0. The Hall–Kier alpha value is -1.92. The lowest BCUT2D eigenvalue weighted by Crippen LogP contribution is -2.42. The van der Waals surface area contributed by atoms with Crippen LogP contribution in [0.1, 0.15) is 32.1 Å². The van der Waals surface area contributed by atoms with Crippen molar-refractivity contribution in [2.75, 3.05) is 6.54 Å². The van der Waals surface area contributed by atoms with E-state index in [-0.39, 0.29) is 0 Å². The molecule has 1 aromatic heterocycles. The first-order valence-electron chi connectivity index (χ1n) is 6.37. The van der Waals surface area contributed by atoms with Gasteiger partial charge in [0.1, 0.15) is 0 Å². The second-order valence-corrected chi connectivity index (χ2v) is 4.80. The van der Waals surface area contributed by atoms with Crippen LogP contribution in [0.25, 0.3) is 0 Å². The molecule has 0 bridgehead atoms. The molecule has 0 saturated heterocycles. The summed E-state index contributed by atoms with van der Waals surface area (Å²) in [5.74, 6) is -0.756. The van der Waals surface area contributed by atoms with Crippen molar-refractivity contribution in [3.63, 3.8) is 0 Å². The molecule has 0 aliphatic heterocycles. The van der Waals surface area contributed by atoms with Gasteiger partial charge in [-0.3, -0.25) is 9.78 Å². The van der Waals surface area contributed by atoms with Gasteiger partial charge in [-0.15, -0.1) is 0 Å². The van der Waals surface area contributed by atoms with Crippen LogP contribution in [0.15, 0.2) is 15.8 Å². The first kappa shape index (κ1) is 13.5. The fourth-order valence-electron chi connectivity index (χ4n) is 2.31. The second kappa shape index (κ2) is 5.81. The van der Waals surface area contributed by atoms with Gasteiger partial charge < -0.3 is 5.32 Å². The zero-order chi connectivity index (χ0) is 13.8. The van der Waals surface area contributed by atoms with Crippen molar-refractivity contribution in [2.45, 2.75) is 32.1 Å². The van der Waals surface area contributed by atoms with Crippen LogP contribution in [-0.4, -0.2) is 22.1 Å². The van der Waals surface area contributed by atoms with Crippen molar-refractivity contribution in [2.24, 2.45) is 5.92 Å². The SMILES string of the molecule is O=C(NCC1CCCCC1)n1cc(F)c(=O)[nH]c1=O. The van der Waals surface area contributed by atoms with Crippen LogP contribution < -0.4 is 16.6 Å². The van der Waals surface area contributed by atoms with Gasteiger partial charge in [-0.25, -0.2) is 14.2 Å².